The Morgan fingerprint density at radius 3 is 2.58 bits per heavy atom. The quantitative estimate of drug-likeness (QED) is 0.896. The van der Waals surface area contributed by atoms with Crippen LogP contribution in [0.5, 0.6) is 5.75 Å². The Morgan fingerprint density at radius 1 is 1.32 bits per heavy atom. The van der Waals surface area contributed by atoms with Crippen molar-refractivity contribution in [3.05, 3.63) is 12.0 Å². The number of rotatable bonds is 3. The standard InChI is InChI=1S/C14H21N3O2/c1-10-12(19-2)13(16-9-15-10)17-7-3-11(4-8-17)14(18)5-6-14/h9,11,18H,3-8H2,1-2H3. The largest absolute Gasteiger partial charge is 0.491 e. The lowest BCUT2D eigenvalue weighted by Gasteiger charge is -2.35. The first-order valence-corrected chi connectivity index (χ1v) is 6.97. The van der Waals surface area contributed by atoms with E-state index in [1.165, 1.54) is 0 Å². The van der Waals surface area contributed by atoms with Gasteiger partial charge in [-0.05, 0) is 38.5 Å². The van der Waals surface area contributed by atoms with Gasteiger partial charge in [0.25, 0.3) is 0 Å². The summed E-state index contributed by atoms with van der Waals surface area (Å²) in [5.41, 5.74) is 0.521. The molecule has 0 unspecified atom stereocenters. The molecule has 1 saturated heterocycles. The maximum Gasteiger partial charge on any atom is 0.182 e. The molecule has 0 spiro atoms. The van der Waals surface area contributed by atoms with Gasteiger partial charge in [-0.2, -0.15) is 0 Å². The monoisotopic (exact) mass is 263 g/mol. The molecule has 2 aliphatic rings. The van der Waals surface area contributed by atoms with Gasteiger partial charge in [0.2, 0.25) is 0 Å². The van der Waals surface area contributed by atoms with Crippen LogP contribution in [0.4, 0.5) is 5.82 Å². The molecule has 5 nitrogen and oxygen atoms in total. The molecular formula is C14H21N3O2. The summed E-state index contributed by atoms with van der Waals surface area (Å²) in [7, 11) is 1.66. The van der Waals surface area contributed by atoms with Gasteiger partial charge in [0.15, 0.2) is 11.6 Å². The third kappa shape index (κ3) is 2.27. The van der Waals surface area contributed by atoms with E-state index < -0.39 is 0 Å². The van der Waals surface area contributed by atoms with Crippen LogP contribution in [-0.4, -0.2) is 40.9 Å². The molecule has 1 N–H and O–H groups in total. The second-order valence-electron chi connectivity index (χ2n) is 5.68. The summed E-state index contributed by atoms with van der Waals surface area (Å²) in [4.78, 5) is 10.8. The van der Waals surface area contributed by atoms with Crippen molar-refractivity contribution in [3.63, 3.8) is 0 Å². The second kappa shape index (κ2) is 4.63. The molecule has 1 aliphatic carbocycles. The average molecular weight is 263 g/mol. The van der Waals surface area contributed by atoms with Crippen LogP contribution in [0.25, 0.3) is 0 Å². The highest BCUT2D eigenvalue weighted by Gasteiger charge is 2.48. The molecule has 1 aliphatic heterocycles. The van der Waals surface area contributed by atoms with Gasteiger partial charge in [0, 0.05) is 13.1 Å². The van der Waals surface area contributed by atoms with Crippen molar-refractivity contribution in [2.45, 2.75) is 38.2 Å². The molecule has 1 aromatic heterocycles. The molecule has 3 rings (SSSR count). The smallest absolute Gasteiger partial charge is 0.182 e. The van der Waals surface area contributed by atoms with Gasteiger partial charge in [-0.1, -0.05) is 0 Å². The molecule has 19 heavy (non-hydrogen) atoms. The zero-order valence-electron chi connectivity index (χ0n) is 11.6. The number of aliphatic hydroxyl groups is 1. The van der Waals surface area contributed by atoms with Crippen LogP contribution < -0.4 is 9.64 Å². The lowest BCUT2D eigenvalue weighted by Crippen LogP contribution is -2.39. The number of aryl methyl sites for hydroxylation is 1. The Bertz CT molecular complexity index is 466. The number of nitrogens with zero attached hydrogens (tertiary/aromatic N) is 3. The Labute approximate surface area is 113 Å². The summed E-state index contributed by atoms with van der Waals surface area (Å²) in [6, 6.07) is 0. The molecular weight excluding hydrogens is 242 g/mol. The predicted octanol–water partition coefficient (Wildman–Crippen LogP) is 1.53. The first kappa shape index (κ1) is 12.7. The number of aromatic nitrogens is 2. The molecule has 104 valence electrons. The highest BCUT2D eigenvalue weighted by atomic mass is 16.5. The minimum Gasteiger partial charge on any atom is -0.491 e. The molecule has 5 heteroatoms. The van der Waals surface area contributed by atoms with Crippen LogP contribution in [-0.2, 0) is 0 Å². The topological polar surface area (TPSA) is 58.5 Å². The van der Waals surface area contributed by atoms with E-state index in [0.717, 1.165) is 56.0 Å². The van der Waals surface area contributed by atoms with E-state index in [0.29, 0.717) is 5.92 Å². The van der Waals surface area contributed by atoms with E-state index in [1.807, 2.05) is 6.92 Å². The zero-order chi connectivity index (χ0) is 13.5. The third-order valence-corrected chi connectivity index (χ3v) is 4.48. The first-order valence-electron chi connectivity index (χ1n) is 6.97. The van der Waals surface area contributed by atoms with Crippen LogP contribution >= 0.6 is 0 Å². The average Bonchev–Trinajstić information content (AvgIpc) is 3.18. The molecule has 1 saturated carbocycles. The van der Waals surface area contributed by atoms with Gasteiger partial charge in [-0.15, -0.1) is 0 Å². The lowest BCUT2D eigenvalue weighted by molar-refractivity contribution is 0.0680. The van der Waals surface area contributed by atoms with Crippen molar-refractivity contribution in [2.75, 3.05) is 25.1 Å². The molecule has 0 amide bonds. The van der Waals surface area contributed by atoms with Crippen LogP contribution in [0.1, 0.15) is 31.4 Å². The number of hydrogen-bond acceptors (Lipinski definition) is 5. The van der Waals surface area contributed by atoms with Crippen molar-refractivity contribution in [3.8, 4) is 5.75 Å². The highest BCUT2D eigenvalue weighted by Crippen LogP contribution is 2.47. The summed E-state index contributed by atoms with van der Waals surface area (Å²) < 4.78 is 5.42. The number of methoxy groups -OCH3 is 1. The van der Waals surface area contributed by atoms with Crippen molar-refractivity contribution in [2.24, 2.45) is 5.92 Å². The van der Waals surface area contributed by atoms with Gasteiger partial charge in [-0.3, -0.25) is 0 Å². The Balaban J connectivity index is 1.73. The van der Waals surface area contributed by atoms with E-state index in [4.69, 9.17) is 4.74 Å². The van der Waals surface area contributed by atoms with Gasteiger partial charge in [0.1, 0.15) is 6.33 Å². The summed E-state index contributed by atoms with van der Waals surface area (Å²) in [5.74, 6) is 2.11. The van der Waals surface area contributed by atoms with Gasteiger partial charge in [-0.25, -0.2) is 9.97 Å². The minimum absolute atomic E-state index is 0.349. The van der Waals surface area contributed by atoms with Crippen molar-refractivity contribution >= 4 is 5.82 Å². The molecule has 1 aromatic rings. The van der Waals surface area contributed by atoms with E-state index in [2.05, 4.69) is 14.9 Å². The second-order valence-corrected chi connectivity index (χ2v) is 5.68. The number of piperidine rings is 1. The van der Waals surface area contributed by atoms with Gasteiger partial charge in [0.05, 0.1) is 18.4 Å². The summed E-state index contributed by atoms with van der Waals surface area (Å²) in [6.07, 6.45) is 5.61. The summed E-state index contributed by atoms with van der Waals surface area (Å²) >= 11 is 0. The maximum absolute atomic E-state index is 10.2. The predicted molar refractivity (Wildman–Crippen MR) is 72.4 cm³/mol. The molecule has 0 aromatic carbocycles. The van der Waals surface area contributed by atoms with Crippen molar-refractivity contribution in [1.82, 2.24) is 9.97 Å². The number of ether oxygens (including phenoxy) is 1. The first-order chi connectivity index (χ1) is 9.14. The Kier molecular flexibility index (Phi) is 3.09. The molecule has 2 fully saturated rings. The van der Waals surface area contributed by atoms with E-state index in [-0.39, 0.29) is 5.60 Å². The van der Waals surface area contributed by atoms with Crippen LogP contribution in [0.2, 0.25) is 0 Å². The van der Waals surface area contributed by atoms with Crippen LogP contribution in [0.15, 0.2) is 6.33 Å². The van der Waals surface area contributed by atoms with Crippen molar-refractivity contribution in [1.29, 1.82) is 0 Å². The fourth-order valence-electron chi connectivity index (χ4n) is 3.08. The highest BCUT2D eigenvalue weighted by molar-refractivity contribution is 5.54. The molecule has 0 radical (unpaired) electrons. The van der Waals surface area contributed by atoms with E-state index >= 15 is 0 Å². The fraction of sp³-hybridized carbons (Fsp3) is 0.714. The Hall–Kier alpha value is -1.36. The number of anilines is 1. The van der Waals surface area contributed by atoms with E-state index in [1.54, 1.807) is 13.4 Å². The fourth-order valence-corrected chi connectivity index (χ4v) is 3.08. The summed E-state index contributed by atoms with van der Waals surface area (Å²) in [5, 5.41) is 10.2. The van der Waals surface area contributed by atoms with Crippen molar-refractivity contribution < 1.29 is 9.84 Å². The normalized spacial score (nSPS) is 22.4. The lowest BCUT2D eigenvalue weighted by atomic mass is 9.89. The van der Waals surface area contributed by atoms with Gasteiger partial charge >= 0.3 is 0 Å². The van der Waals surface area contributed by atoms with Gasteiger partial charge < -0.3 is 14.7 Å². The molecule has 2 heterocycles. The van der Waals surface area contributed by atoms with Crippen LogP contribution in [0, 0.1) is 12.8 Å². The molecule has 0 atom stereocenters. The SMILES string of the molecule is COc1c(C)ncnc1N1CCC(C2(O)CC2)CC1. The van der Waals surface area contributed by atoms with E-state index in [9.17, 15) is 5.11 Å². The third-order valence-electron chi connectivity index (χ3n) is 4.48. The zero-order valence-corrected chi connectivity index (χ0v) is 11.6. The summed E-state index contributed by atoms with van der Waals surface area (Å²) in [6.45, 7) is 3.79. The molecule has 0 bridgehead atoms. The minimum atomic E-state index is -0.349. The number of hydrogen-bond donors (Lipinski definition) is 1. The van der Waals surface area contributed by atoms with Crippen LogP contribution in [0.3, 0.4) is 0 Å². The maximum atomic E-state index is 10.2. The Morgan fingerprint density at radius 2 is 2.00 bits per heavy atom.